The molecule has 190 valence electrons. The number of benzene rings is 3. The van der Waals surface area contributed by atoms with Crippen molar-refractivity contribution in [2.45, 2.75) is 12.6 Å². The topological polar surface area (TPSA) is 33.8 Å². The van der Waals surface area contributed by atoms with Crippen molar-refractivity contribution in [1.82, 2.24) is 15.5 Å². The number of hydrogen-bond donors (Lipinski definition) is 2. The molecule has 3 aromatic rings. The number of thiocarbonyl (C=S) groups is 1. The van der Waals surface area contributed by atoms with Gasteiger partial charge in [-0.15, -0.1) is 0 Å². The molecule has 0 amide bonds. The standard InChI is InChI=1S/C31H35N5S/c1-34(2)26-14-10-22(11-15-26)18-25-20-36(19-23-8-6-5-7-9-23)21-28-29(32-31(37)33-30(25)28)24-12-16-27(17-13-24)35(3)4/h5-18,29H,19-21H2,1-4H3,(H2,32,33,37)/b25-18+. The molecule has 2 N–H and O–H groups in total. The summed E-state index contributed by atoms with van der Waals surface area (Å²) in [5.41, 5.74) is 9.85. The largest absolute Gasteiger partial charge is 0.378 e. The van der Waals surface area contributed by atoms with Crippen molar-refractivity contribution in [3.63, 3.8) is 0 Å². The van der Waals surface area contributed by atoms with Crippen molar-refractivity contribution in [3.8, 4) is 0 Å². The summed E-state index contributed by atoms with van der Waals surface area (Å²) in [4.78, 5) is 6.77. The zero-order chi connectivity index (χ0) is 25.9. The first-order chi connectivity index (χ1) is 17.9. The van der Waals surface area contributed by atoms with Gasteiger partial charge in [0.25, 0.3) is 0 Å². The van der Waals surface area contributed by atoms with Crippen molar-refractivity contribution in [3.05, 3.63) is 112 Å². The quantitative estimate of drug-likeness (QED) is 0.445. The monoisotopic (exact) mass is 509 g/mol. The van der Waals surface area contributed by atoms with Gasteiger partial charge in [0, 0.05) is 64.9 Å². The Morgan fingerprint density at radius 3 is 2.08 bits per heavy atom. The summed E-state index contributed by atoms with van der Waals surface area (Å²) in [6, 6.07) is 28.2. The number of nitrogens with one attached hydrogen (secondary N) is 2. The van der Waals surface area contributed by atoms with E-state index < -0.39 is 0 Å². The highest BCUT2D eigenvalue weighted by atomic mass is 32.1. The summed E-state index contributed by atoms with van der Waals surface area (Å²) in [5, 5.41) is 7.75. The van der Waals surface area contributed by atoms with Crippen LogP contribution in [0.4, 0.5) is 11.4 Å². The third-order valence-corrected chi connectivity index (χ3v) is 7.25. The summed E-state index contributed by atoms with van der Waals surface area (Å²) >= 11 is 5.71. The molecule has 2 heterocycles. The first-order valence-corrected chi connectivity index (χ1v) is 13.1. The van der Waals surface area contributed by atoms with Crippen LogP contribution in [-0.4, -0.2) is 51.3 Å². The van der Waals surface area contributed by atoms with Crippen LogP contribution in [0.5, 0.6) is 0 Å². The van der Waals surface area contributed by atoms with Gasteiger partial charge < -0.3 is 20.4 Å². The summed E-state index contributed by atoms with van der Waals surface area (Å²) in [6.07, 6.45) is 2.30. The highest BCUT2D eigenvalue weighted by Gasteiger charge is 2.33. The van der Waals surface area contributed by atoms with E-state index >= 15 is 0 Å². The van der Waals surface area contributed by atoms with E-state index in [4.69, 9.17) is 12.2 Å². The molecule has 2 aliphatic heterocycles. The molecule has 2 aliphatic rings. The fourth-order valence-corrected chi connectivity index (χ4v) is 5.28. The average molecular weight is 510 g/mol. The number of hydrogen-bond acceptors (Lipinski definition) is 4. The zero-order valence-corrected chi connectivity index (χ0v) is 22.8. The predicted octanol–water partition coefficient (Wildman–Crippen LogP) is 5.19. The molecule has 5 nitrogen and oxygen atoms in total. The molecule has 0 aliphatic carbocycles. The first kappa shape index (κ1) is 25.1. The van der Waals surface area contributed by atoms with Gasteiger partial charge in [0.15, 0.2) is 5.11 Å². The van der Waals surface area contributed by atoms with Crippen LogP contribution in [0, 0.1) is 0 Å². The van der Waals surface area contributed by atoms with E-state index in [1.165, 1.54) is 39.2 Å². The van der Waals surface area contributed by atoms with Gasteiger partial charge in [0.1, 0.15) is 0 Å². The maximum absolute atomic E-state index is 5.71. The van der Waals surface area contributed by atoms with Gasteiger partial charge in [-0.2, -0.15) is 0 Å². The molecule has 6 heteroatoms. The molecule has 5 rings (SSSR count). The third kappa shape index (κ3) is 5.71. The number of anilines is 2. The zero-order valence-electron chi connectivity index (χ0n) is 22.0. The maximum atomic E-state index is 5.71. The van der Waals surface area contributed by atoms with Crippen LogP contribution < -0.4 is 20.4 Å². The second kappa shape index (κ2) is 10.8. The predicted molar refractivity (Wildman–Crippen MR) is 160 cm³/mol. The normalized spacial score (nSPS) is 18.8. The molecule has 3 aromatic carbocycles. The SMILES string of the molecule is CN(C)c1ccc(/C=C2\CN(Cc3ccccc3)CC3=C2NC(=S)NC3c2ccc(N(C)C)cc2)cc1. The second-order valence-corrected chi connectivity index (χ2v) is 10.6. The minimum absolute atomic E-state index is 0.0260. The lowest BCUT2D eigenvalue weighted by Gasteiger charge is -2.40. The Labute approximate surface area is 226 Å². The third-order valence-electron chi connectivity index (χ3n) is 7.03. The molecule has 0 radical (unpaired) electrons. The average Bonchev–Trinajstić information content (AvgIpc) is 2.90. The number of nitrogens with zero attached hydrogens (tertiary/aromatic N) is 3. The molecule has 1 atom stereocenters. The molecule has 0 saturated heterocycles. The molecular weight excluding hydrogens is 474 g/mol. The molecular formula is C31H35N5S. The summed E-state index contributed by atoms with van der Waals surface area (Å²) < 4.78 is 0. The molecule has 37 heavy (non-hydrogen) atoms. The Morgan fingerprint density at radius 2 is 1.46 bits per heavy atom. The van der Waals surface area contributed by atoms with Crippen LogP contribution in [0.2, 0.25) is 0 Å². The Kier molecular flexibility index (Phi) is 7.31. The Hall–Kier alpha value is -3.61. The van der Waals surface area contributed by atoms with Crippen LogP contribution in [0.1, 0.15) is 22.7 Å². The van der Waals surface area contributed by atoms with Gasteiger partial charge in [0.05, 0.1) is 6.04 Å². The number of rotatable bonds is 6. The van der Waals surface area contributed by atoms with E-state index in [1.54, 1.807) is 0 Å². The van der Waals surface area contributed by atoms with Crippen molar-refractivity contribution in [2.75, 3.05) is 51.1 Å². The van der Waals surface area contributed by atoms with Crippen LogP contribution in [0.25, 0.3) is 6.08 Å². The van der Waals surface area contributed by atoms with Gasteiger partial charge in [-0.1, -0.05) is 54.6 Å². The minimum Gasteiger partial charge on any atom is -0.378 e. The van der Waals surface area contributed by atoms with Gasteiger partial charge in [0.2, 0.25) is 0 Å². The van der Waals surface area contributed by atoms with E-state index in [0.717, 1.165) is 25.3 Å². The Bertz CT molecular complexity index is 1310. The van der Waals surface area contributed by atoms with Gasteiger partial charge >= 0.3 is 0 Å². The van der Waals surface area contributed by atoms with Crippen molar-refractivity contribution < 1.29 is 0 Å². The molecule has 0 spiro atoms. The van der Waals surface area contributed by atoms with E-state index in [2.05, 4.69) is 138 Å². The highest BCUT2D eigenvalue weighted by Crippen LogP contribution is 2.35. The molecule has 0 bridgehead atoms. The van der Waals surface area contributed by atoms with Crippen LogP contribution in [-0.2, 0) is 6.54 Å². The fourth-order valence-electron chi connectivity index (χ4n) is 5.06. The lowest BCUT2D eigenvalue weighted by molar-refractivity contribution is 0.293. The summed E-state index contributed by atoms with van der Waals surface area (Å²) in [6.45, 7) is 2.61. The van der Waals surface area contributed by atoms with E-state index in [-0.39, 0.29) is 6.04 Å². The second-order valence-electron chi connectivity index (χ2n) is 10.2. The van der Waals surface area contributed by atoms with Crippen LogP contribution >= 0.6 is 12.2 Å². The van der Waals surface area contributed by atoms with E-state index in [1.807, 2.05) is 0 Å². The van der Waals surface area contributed by atoms with E-state index in [0.29, 0.717) is 5.11 Å². The van der Waals surface area contributed by atoms with Crippen LogP contribution in [0.3, 0.4) is 0 Å². The lowest BCUT2D eigenvalue weighted by Crippen LogP contribution is -2.49. The molecule has 0 fully saturated rings. The fraction of sp³-hybridized carbons (Fsp3) is 0.258. The highest BCUT2D eigenvalue weighted by molar-refractivity contribution is 7.80. The summed E-state index contributed by atoms with van der Waals surface area (Å²) in [7, 11) is 8.27. The van der Waals surface area contributed by atoms with E-state index in [9.17, 15) is 0 Å². The molecule has 0 aromatic heterocycles. The molecule has 0 saturated carbocycles. The summed E-state index contributed by atoms with van der Waals surface area (Å²) in [5.74, 6) is 0. The maximum Gasteiger partial charge on any atom is 0.171 e. The minimum atomic E-state index is 0.0260. The van der Waals surface area contributed by atoms with Crippen molar-refractivity contribution in [2.24, 2.45) is 0 Å². The van der Waals surface area contributed by atoms with Gasteiger partial charge in [-0.05, 0) is 70.4 Å². The Morgan fingerprint density at radius 1 is 0.838 bits per heavy atom. The smallest absolute Gasteiger partial charge is 0.171 e. The molecule has 1 unspecified atom stereocenters. The van der Waals surface area contributed by atoms with Gasteiger partial charge in [-0.3, -0.25) is 4.90 Å². The lowest BCUT2D eigenvalue weighted by atomic mass is 9.88. The first-order valence-electron chi connectivity index (χ1n) is 12.7. The van der Waals surface area contributed by atoms with Crippen molar-refractivity contribution >= 4 is 34.8 Å². The van der Waals surface area contributed by atoms with Gasteiger partial charge in [-0.25, -0.2) is 0 Å². The van der Waals surface area contributed by atoms with Crippen molar-refractivity contribution in [1.29, 1.82) is 0 Å². The Balaban J connectivity index is 1.54. The van der Waals surface area contributed by atoms with Crippen LogP contribution in [0.15, 0.2) is 95.7 Å².